The molecule has 0 aliphatic carbocycles. The third kappa shape index (κ3) is 4.29. The summed E-state index contributed by atoms with van der Waals surface area (Å²) in [5.74, 6) is -0.528. The fourth-order valence-electron chi connectivity index (χ4n) is 2.73. The predicted molar refractivity (Wildman–Crippen MR) is 100.0 cm³/mol. The van der Waals surface area contributed by atoms with Crippen molar-refractivity contribution in [2.75, 3.05) is 6.54 Å². The molecule has 4 nitrogen and oxygen atoms in total. The standard InChI is InChI=1S/C20H19ClFN3O/c1-14-18(19(21)25(24-14)13-16-5-3-2-4-6-16)20(26)23-12-11-15-7-9-17(22)10-8-15/h2-10H,11-13H2,1H3,(H,23,26). The number of nitrogens with zero attached hydrogens (tertiary/aromatic N) is 2. The van der Waals surface area contributed by atoms with Crippen LogP contribution in [-0.4, -0.2) is 22.2 Å². The van der Waals surface area contributed by atoms with Crippen molar-refractivity contribution in [1.29, 1.82) is 0 Å². The molecule has 3 rings (SSSR count). The zero-order valence-electron chi connectivity index (χ0n) is 14.4. The molecule has 134 valence electrons. The van der Waals surface area contributed by atoms with Crippen LogP contribution in [0.5, 0.6) is 0 Å². The van der Waals surface area contributed by atoms with E-state index < -0.39 is 0 Å². The van der Waals surface area contributed by atoms with E-state index in [2.05, 4.69) is 10.4 Å². The van der Waals surface area contributed by atoms with Gasteiger partial charge in [0.25, 0.3) is 5.91 Å². The number of carbonyl (C=O) groups is 1. The van der Waals surface area contributed by atoms with Crippen molar-refractivity contribution in [2.45, 2.75) is 19.9 Å². The van der Waals surface area contributed by atoms with E-state index in [9.17, 15) is 9.18 Å². The molecule has 6 heteroatoms. The Kier molecular flexibility index (Phi) is 5.68. The van der Waals surface area contributed by atoms with E-state index in [0.717, 1.165) is 11.1 Å². The minimum Gasteiger partial charge on any atom is -0.352 e. The maximum absolute atomic E-state index is 12.9. The molecule has 0 unspecified atom stereocenters. The Bertz CT molecular complexity index is 891. The van der Waals surface area contributed by atoms with E-state index in [0.29, 0.717) is 35.9 Å². The normalized spacial score (nSPS) is 10.7. The van der Waals surface area contributed by atoms with Gasteiger partial charge in [-0.2, -0.15) is 5.10 Å². The second-order valence-corrected chi connectivity index (χ2v) is 6.38. The van der Waals surface area contributed by atoms with Gasteiger partial charge in [0.1, 0.15) is 11.0 Å². The molecule has 1 aromatic heterocycles. The molecule has 0 radical (unpaired) electrons. The van der Waals surface area contributed by atoms with E-state index >= 15 is 0 Å². The highest BCUT2D eigenvalue weighted by molar-refractivity contribution is 6.33. The number of hydrogen-bond acceptors (Lipinski definition) is 2. The summed E-state index contributed by atoms with van der Waals surface area (Å²) in [6.07, 6.45) is 0.612. The second kappa shape index (κ2) is 8.15. The summed E-state index contributed by atoms with van der Waals surface area (Å²) in [4.78, 5) is 12.5. The van der Waals surface area contributed by atoms with Crippen molar-refractivity contribution >= 4 is 17.5 Å². The number of rotatable bonds is 6. The first-order valence-corrected chi connectivity index (χ1v) is 8.72. The van der Waals surface area contributed by atoms with Gasteiger partial charge in [-0.3, -0.25) is 4.79 Å². The Labute approximate surface area is 156 Å². The number of aromatic nitrogens is 2. The number of benzene rings is 2. The van der Waals surface area contributed by atoms with Crippen LogP contribution in [0.4, 0.5) is 4.39 Å². The van der Waals surface area contributed by atoms with Gasteiger partial charge in [0.2, 0.25) is 0 Å². The number of nitrogens with one attached hydrogen (secondary N) is 1. The summed E-state index contributed by atoms with van der Waals surface area (Å²) in [6.45, 7) is 2.70. The molecule has 0 aliphatic rings. The number of halogens is 2. The van der Waals surface area contributed by atoms with E-state index in [1.165, 1.54) is 12.1 Å². The van der Waals surface area contributed by atoms with Crippen LogP contribution in [0.15, 0.2) is 54.6 Å². The topological polar surface area (TPSA) is 46.9 Å². The molecule has 2 aromatic carbocycles. The molecule has 0 spiro atoms. The van der Waals surface area contributed by atoms with Crippen molar-refractivity contribution < 1.29 is 9.18 Å². The van der Waals surface area contributed by atoms with Crippen molar-refractivity contribution in [3.05, 3.63) is 88.0 Å². The maximum Gasteiger partial charge on any atom is 0.256 e. The van der Waals surface area contributed by atoms with Crippen LogP contribution in [-0.2, 0) is 13.0 Å². The SMILES string of the molecule is Cc1nn(Cc2ccccc2)c(Cl)c1C(=O)NCCc1ccc(F)cc1. The zero-order valence-corrected chi connectivity index (χ0v) is 15.1. The fraction of sp³-hybridized carbons (Fsp3) is 0.200. The van der Waals surface area contributed by atoms with Gasteiger partial charge < -0.3 is 5.32 Å². The maximum atomic E-state index is 12.9. The monoisotopic (exact) mass is 371 g/mol. The molecule has 26 heavy (non-hydrogen) atoms. The highest BCUT2D eigenvalue weighted by Gasteiger charge is 2.20. The lowest BCUT2D eigenvalue weighted by Gasteiger charge is -2.06. The van der Waals surface area contributed by atoms with E-state index in [1.54, 1.807) is 23.7 Å². The van der Waals surface area contributed by atoms with Gasteiger partial charge in [-0.15, -0.1) is 0 Å². The molecule has 3 aromatic rings. The van der Waals surface area contributed by atoms with E-state index in [4.69, 9.17) is 11.6 Å². The van der Waals surface area contributed by atoms with Crippen LogP contribution >= 0.6 is 11.6 Å². The van der Waals surface area contributed by atoms with Crippen molar-refractivity contribution in [1.82, 2.24) is 15.1 Å². The number of carbonyl (C=O) groups excluding carboxylic acids is 1. The lowest BCUT2D eigenvalue weighted by atomic mass is 10.1. The molecule has 0 saturated heterocycles. The first kappa shape index (κ1) is 18.1. The van der Waals surface area contributed by atoms with Gasteiger partial charge in [-0.25, -0.2) is 9.07 Å². The summed E-state index contributed by atoms with van der Waals surface area (Å²) >= 11 is 6.39. The van der Waals surface area contributed by atoms with Gasteiger partial charge >= 0.3 is 0 Å². The molecule has 0 fully saturated rings. The van der Waals surface area contributed by atoms with Gasteiger partial charge in [0, 0.05) is 6.54 Å². The lowest BCUT2D eigenvalue weighted by molar-refractivity contribution is 0.0953. The largest absolute Gasteiger partial charge is 0.352 e. The minimum absolute atomic E-state index is 0.256. The van der Waals surface area contributed by atoms with E-state index in [-0.39, 0.29) is 11.7 Å². The van der Waals surface area contributed by atoms with Gasteiger partial charge in [0.05, 0.1) is 17.8 Å². The fourth-order valence-corrected chi connectivity index (χ4v) is 3.05. The molecule has 0 atom stereocenters. The van der Waals surface area contributed by atoms with Crippen LogP contribution in [0.1, 0.15) is 27.2 Å². The Morgan fingerprint density at radius 3 is 2.50 bits per heavy atom. The highest BCUT2D eigenvalue weighted by atomic mass is 35.5. The molecular formula is C20H19ClFN3O. The Morgan fingerprint density at radius 2 is 1.81 bits per heavy atom. The first-order valence-electron chi connectivity index (χ1n) is 8.34. The number of aryl methyl sites for hydroxylation is 1. The average molecular weight is 372 g/mol. The van der Waals surface area contributed by atoms with Gasteiger partial charge in [-0.05, 0) is 36.6 Å². The Hall–Kier alpha value is -2.66. The van der Waals surface area contributed by atoms with Crippen LogP contribution < -0.4 is 5.32 Å². The smallest absolute Gasteiger partial charge is 0.256 e. The quantitative estimate of drug-likeness (QED) is 0.711. The predicted octanol–water partition coefficient (Wildman–Crippen LogP) is 4.00. The molecule has 1 N–H and O–H groups in total. The van der Waals surface area contributed by atoms with Crippen LogP contribution in [0.25, 0.3) is 0 Å². The molecule has 1 amide bonds. The molecule has 0 bridgehead atoms. The van der Waals surface area contributed by atoms with E-state index in [1.807, 2.05) is 30.3 Å². The molecular weight excluding hydrogens is 353 g/mol. The Morgan fingerprint density at radius 1 is 1.12 bits per heavy atom. The summed E-state index contributed by atoms with van der Waals surface area (Å²) < 4.78 is 14.5. The minimum atomic E-state index is -0.272. The summed E-state index contributed by atoms with van der Waals surface area (Å²) in [5.41, 5.74) is 2.99. The average Bonchev–Trinajstić information content (AvgIpc) is 2.91. The summed E-state index contributed by atoms with van der Waals surface area (Å²) in [5, 5.41) is 7.56. The summed E-state index contributed by atoms with van der Waals surface area (Å²) in [7, 11) is 0. The third-order valence-electron chi connectivity index (χ3n) is 4.08. The van der Waals surface area contributed by atoms with Gasteiger partial charge in [-0.1, -0.05) is 54.1 Å². The van der Waals surface area contributed by atoms with Gasteiger partial charge in [0.15, 0.2) is 0 Å². The zero-order chi connectivity index (χ0) is 18.5. The van der Waals surface area contributed by atoms with Crippen molar-refractivity contribution in [3.63, 3.8) is 0 Å². The first-order chi connectivity index (χ1) is 12.5. The number of amides is 1. The third-order valence-corrected chi connectivity index (χ3v) is 4.46. The van der Waals surface area contributed by atoms with Crippen LogP contribution in [0.2, 0.25) is 5.15 Å². The molecule has 0 saturated carbocycles. The molecule has 0 aliphatic heterocycles. The highest BCUT2D eigenvalue weighted by Crippen LogP contribution is 2.21. The second-order valence-electron chi connectivity index (χ2n) is 6.03. The number of hydrogen-bond donors (Lipinski definition) is 1. The lowest BCUT2D eigenvalue weighted by Crippen LogP contribution is -2.26. The van der Waals surface area contributed by atoms with Crippen LogP contribution in [0, 0.1) is 12.7 Å². The van der Waals surface area contributed by atoms with Crippen molar-refractivity contribution in [2.24, 2.45) is 0 Å². The van der Waals surface area contributed by atoms with Crippen molar-refractivity contribution in [3.8, 4) is 0 Å². The summed E-state index contributed by atoms with van der Waals surface area (Å²) in [6, 6.07) is 16.0. The Balaban J connectivity index is 1.64. The van der Waals surface area contributed by atoms with Crippen LogP contribution in [0.3, 0.4) is 0 Å². The molecule has 1 heterocycles.